The van der Waals surface area contributed by atoms with Crippen LogP contribution >= 0.6 is 0 Å². The van der Waals surface area contributed by atoms with E-state index in [-0.39, 0.29) is 11.3 Å². The number of anilines is 1. The molecule has 1 aliphatic carbocycles. The predicted octanol–water partition coefficient (Wildman–Crippen LogP) is 2.46. The van der Waals surface area contributed by atoms with Crippen molar-refractivity contribution in [3.8, 4) is 5.75 Å². The van der Waals surface area contributed by atoms with Crippen molar-refractivity contribution < 1.29 is 9.53 Å². The molecule has 0 unspecified atom stereocenters. The molecule has 1 heterocycles. The molecule has 1 aliphatic heterocycles. The largest absolute Gasteiger partial charge is 0.494 e. The maximum atomic E-state index is 12.0. The summed E-state index contributed by atoms with van der Waals surface area (Å²) in [7, 11) is 0. The highest BCUT2D eigenvalue weighted by atomic mass is 16.5. The molecule has 0 bridgehead atoms. The van der Waals surface area contributed by atoms with Crippen molar-refractivity contribution in [1.82, 2.24) is 0 Å². The van der Waals surface area contributed by atoms with Crippen LogP contribution in [0.2, 0.25) is 0 Å². The number of hydrogen-bond acceptors (Lipinski definition) is 2. The normalized spacial score (nSPS) is 20.2. The van der Waals surface area contributed by atoms with Gasteiger partial charge in [0.05, 0.1) is 12.0 Å². The summed E-state index contributed by atoms with van der Waals surface area (Å²) in [4.78, 5) is 12.0. The third kappa shape index (κ3) is 1.11. The zero-order valence-electron chi connectivity index (χ0n) is 9.38. The Hall–Kier alpha value is -1.51. The van der Waals surface area contributed by atoms with Gasteiger partial charge in [-0.2, -0.15) is 0 Å². The lowest BCUT2D eigenvalue weighted by Crippen LogP contribution is -2.40. The number of carbonyl (C=O) groups excluding carboxylic acids is 1. The number of carbonyl (C=O) groups is 1. The highest BCUT2D eigenvalue weighted by Gasteiger charge is 2.51. The Morgan fingerprint density at radius 3 is 2.88 bits per heavy atom. The second kappa shape index (κ2) is 3.24. The fourth-order valence-electron chi connectivity index (χ4n) is 2.68. The van der Waals surface area contributed by atoms with Gasteiger partial charge in [0.2, 0.25) is 5.91 Å². The SMILES string of the molecule is CCOc1ccc2c(c1)C1(CCC1)C(=O)N2. The molecule has 1 fully saturated rings. The molecule has 3 rings (SSSR count). The summed E-state index contributed by atoms with van der Waals surface area (Å²) in [5.74, 6) is 1.03. The lowest BCUT2D eigenvalue weighted by molar-refractivity contribution is -0.123. The van der Waals surface area contributed by atoms with Crippen LogP contribution in [0.15, 0.2) is 18.2 Å². The minimum absolute atomic E-state index is 0.169. The average molecular weight is 217 g/mol. The molecular weight excluding hydrogens is 202 g/mol. The van der Waals surface area contributed by atoms with Crippen molar-refractivity contribution in [3.05, 3.63) is 23.8 Å². The summed E-state index contributed by atoms with van der Waals surface area (Å²) < 4.78 is 5.49. The molecule has 16 heavy (non-hydrogen) atoms. The number of benzene rings is 1. The molecule has 2 aliphatic rings. The van der Waals surface area contributed by atoms with Crippen LogP contribution in [0.4, 0.5) is 5.69 Å². The third-order valence-corrected chi connectivity index (χ3v) is 3.71. The number of ether oxygens (including phenoxy) is 1. The summed E-state index contributed by atoms with van der Waals surface area (Å²) >= 11 is 0. The van der Waals surface area contributed by atoms with E-state index >= 15 is 0 Å². The van der Waals surface area contributed by atoms with E-state index in [4.69, 9.17) is 4.74 Å². The van der Waals surface area contributed by atoms with Crippen LogP contribution in [0.25, 0.3) is 0 Å². The van der Waals surface area contributed by atoms with Gasteiger partial charge in [-0.05, 0) is 43.5 Å². The first-order chi connectivity index (χ1) is 7.76. The molecule has 1 aromatic carbocycles. The van der Waals surface area contributed by atoms with E-state index in [9.17, 15) is 4.79 Å². The van der Waals surface area contributed by atoms with E-state index in [1.54, 1.807) is 0 Å². The van der Waals surface area contributed by atoms with Crippen LogP contribution in [0.5, 0.6) is 5.75 Å². The molecule has 1 N–H and O–H groups in total. The Kier molecular flexibility index (Phi) is 1.96. The van der Waals surface area contributed by atoms with Crippen LogP contribution in [-0.4, -0.2) is 12.5 Å². The number of amides is 1. The fraction of sp³-hybridized carbons (Fsp3) is 0.462. The molecular formula is C13H15NO2. The van der Waals surface area contributed by atoms with Crippen LogP contribution in [0.1, 0.15) is 31.7 Å². The zero-order chi connectivity index (χ0) is 11.2. The Bertz CT molecular complexity index is 449. The van der Waals surface area contributed by atoms with Crippen molar-refractivity contribution in [3.63, 3.8) is 0 Å². The number of hydrogen-bond donors (Lipinski definition) is 1. The second-order valence-electron chi connectivity index (χ2n) is 4.53. The van der Waals surface area contributed by atoms with Crippen LogP contribution < -0.4 is 10.1 Å². The van der Waals surface area contributed by atoms with Gasteiger partial charge in [-0.1, -0.05) is 6.42 Å². The van der Waals surface area contributed by atoms with E-state index in [0.29, 0.717) is 6.61 Å². The molecule has 1 amide bonds. The van der Waals surface area contributed by atoms with Gasteiger partial charge in [-0.15, -0.1) is 0 Å². The predicted molar refractivity (Wildman–Crippen MR) is 61.8 cm³/mol. The highest BCUT2D eigenvalue weighted by molar-refractivity contribution is 6.07. The zero-order valence-corrected chi connectivity index (χ0v) is 9.38. The van der Waals surface area contributed by atoms with E-state index in [1.165, 1.54) is 0 Å². The molecule has 1 spiro atoms. The number of fused-ring (bicyclic) bond motifs is 2. The fourth-order valence-corrected chi connectivity index (χ4v) is 2.68. The van der Waals surface area contributed by atoms with Gasteiger partial charge < -0.3 is 10.1 Å². The second-order valence-corrected chi connectivity index (χ2v) is 4.53. The topological polar surface area (TPSA) is 38.3 Å². The first kappa shape index (κ1) is 9.70. The molecule has 1 aromatic rings. The van der Waals surface area contributed by atoms with E-state index in [1.807, 2.05) is 25.1 Å². The maximum absolute atomic E-state index is 12.0. The Labute approximate surface area is 94.8 Å². The molecule has 3 nitrogen and oxygen atoms in total. The third-order valence-electron chi connectivity index (χ3n) is 3.71. The minimum atomic E-state index is -0.234. The highest BCUT2D eigenvalue weighted by Crippen LogP contribution is 2.51. The first-order valence-corrected chi connectivity index (χ1v) is 5.85. The van der Waals surface area contributed by atoms with Gasteiger partial charge in [-0.25, -0.2) is 0 Å². The Morgan fingerprint density at radius 2 is 2.25 bits per heavy atom. The monoisotopic (exact) mass is 217 g/mol. The maximum Gasteiger partial charge on any atom is 0.235 e. The Balaban J connectivity index is 2.05. The lowest BCUT2D eigenvalue weighted by Gasteiger charge is -2.36. The Morgan fingerprint density at radius 1 is 1.44 bits per heavy atom. The summed E-state index contributed by atoms with van der Waals surface area (Å²) in [5.41, 5.74) is 1.87. The molecule has 0 aromatic heterocycles. The van der Waals surface area contributed by atoms with Crippen molar-refractivity contribution in [2.45, 2.75) is 31.6 Å². The van der Waals surface area contributed by atoms with Gasteiger partial charge in [-0.3, -0.25) is 4.79 Å². The molecule has 0 atom stereocenters. The first-order valence-electron chi connectivity index (χ1n) is 5.85. The smallest absolute Gasteiger partial charge is 0.235 e. The summed E-state index contributed by atoms with van der Waals surface area (Å²) in [6.07, 6.45) is 3.09. The van der Waals surface area contributed by atoms with Crippen molar-refractivity contribution in [2.75, 3.05) is 11.9 Å². The molecule has 1 saturated carbocycles. The van der Waals surface area contributed by atoms with Crippen LogP contribution in [0.3, 0.4) is 0 Å². The van der Waals surface area contributed by atoms with E-state index in [2.05, 4.69) is 5.32 Å². The standard InChI is InChI=1S/C13H15NO2/c1-2-16-9-4-5-11-10(8-9)13(6-3-7-13)12(15)14-11/h4-5,8H,2-3,6-7H2,1H3,(H,14,15). The van der Waals surface area contributed by atoms with Gasteiger partial charge in [0.15, 0.2) is 0 Å². The molecule has 84 valence electrons. The van der Waals surface area contributed by atoms with Crippen molar-refractivity contribution >= 4 is 11.6 Å². The van der Waals surface area contributed by atoms with Crippen molar-refractivity contribution in [2.24, 2.45) is 0 Å². The van der Waals surface area contributed by atoms with E-state index in [0.717, 1.165) is 36.3 Å². The summed E-state index contributed by atoms with van der Waals surface area (Å²) in [6.45, 7) is 2.63. The van der Waals surface area contributed by atoms with Crippen LogP contribution in [-0.2, 0) is 10.2 Å². The summed E-state index contributed by atoms with van der Waals surface area (Å²) in [5, 5.41) is 2.96. The van der Waals surface area contributed by atoms with Gasteiger partial charge >= 0.3 is 0 Å². The van der Waals surface area contributed by atoms with Gasteiger partial charge in [0.25, 0.3) is 0 Å². The molecule has 3 heteroatoms. The average Bonchev–Trinajstić information content (AvgIpc) is 2.49. The molecule has 0 radical (unpaired) electrons. The van der Waals surface area contributed by atoms with E-state index < -0.39 is 0 Å². The van der Waals surface area contributed by atoms with Gasteiger partial charge in [0, 0.05) is 5.69 Å². The number of rotatable bonds is 2. The van der Waals surface area contributed by atoms with Gasteiger partial charge in [0.1, 0.15) is 5.75 Å². The lowest BCUT2D eigenvalue weighted by atomic mass is 9.65. The quantitative estimate of drug-likeness (QED) is 0.826. The van der Waals surface area contributed by atoms with Crippen molar-refractivity contribution in [1.29, 1.82) is 0 Å². The van der Waals surface area contributed by atoms with Crippen LogP contribution in [0, 0.1) is 0 Å². The molecule has 0 saturated heterocycles. The summed E-state index contributed by atoms with van der Waals surface area (Å²) in [6, 6.07) is 5.89. The minimum Gasteiger partial charge on any atom is -0.494 e. The number of nitrogens with one attached hydrogen (secondary N) is 1.